The summed E-state index contributed by atoms with van der Waals surface area (Å²) < 4.78 is 35.9. The van der Waals surface area contributed by atoms with Crippen molar-refractivity contribution in [3.63, 3.8) is 0 Å². The van der Waals surface area contributed by atoms with Crippen molar-refractivity contribution in [2.24, 2.45) is 7.05 Å². The van der Waals surface area contributed by atoms with E-state index in [1.54, 1.807) is 13.1 Å². The zero-order chi connectivity index (χ0) is 26.0. The zero-order valence-corrected chi connectivity index (χ0v) is 22.0. The van der Waals surface area contributed by atoms with Gasteiger partial charge in [0.05, 0.1) is 11.9 Å². The van der Waals surface area contributed by atoms with Crippen molar-refractivity contribution in [2.75, 3.05) is 22.7 Å². The second kappa shape index (κ2) is 10.2. The summed E-state index contributed by atoms with van der Waals surface area (Å²) in [7, 11) is -2.29. The van der Waals surface area contributed by atoms with Gasteiger partial charge in [0, 0.05) is 43.7 Å². The Labute approximate surface area is 217 Å². The third-order valence-electron chi connectivity index (χ3n) is 6.44. The molecule has 10 heteroatoms. The van der Waals surface area contributed by atoms with Gasteiger partial charge in [-0.2, -0.15) is 10.1 Å². The Bertz CT molecular complexity index is 1490. The van der Waals surface area contributed by atoms with Gasteiger partial charge in [0.25, 0.3) is 10.0 Å². The molecule has 0 radical (unpaired) electrons. The van der Waals surface area contributed by atoms with E-state index < -0.39 is 10.0 Å². The lowest BCUT2D eigenvalue weighted by Crippen LogP contribution is -2.29. The zero-order valence-electron chi connectivity index (χ0n) is 21.2. The van der Waals surface area contributed by atoms with Crippen LogP contribution in [-0.2, 0) is 17.1 Å². The van der Waals surface area contributed by atoms with E-state index in [9.17, 15) is 8.42 Å². The molecule has 1 N–H and O–H groups in total. The van der Waals surface area contributed by atoms with Crippen LogP contribution in [0.25, 0.3) is 11.3 Å². The molecule has 4 aromatic rings. The standard InChI is InChI=1S/C27H30N6O3S/c1-19-8-7-9-20(2)26(19)24-16-25(30-27(29-24)31-37(34,35)23-17-28-32(3)18-23)36-22-12-10-21(11-13-22)33-14-5-4-6-15-33/h7-13,16-18H,4-6,14-15H2,1-3H3,(H,29,30,31). The van der Waals surface area contributed by atoms with Gasteiger partial charge >= 0.3 is 0 Å². The molecule has 1 aliphatic rings. The van der Waals surface area contributed by atoms with Crippen molar-refractivity contribution in [1.29, 1.82) is 0 Å². The predicted molar refractivity (Wildman–Crippen MR) is 144 cm³/mol. The first kappa shape index (κ1) is 24.8. The maximum absolute atomic E-state index is 13.0. The largest absolute Gasteiger partial charge is 0.439 e. The van der Waals surface area contributed by atoms with Crippen LogP contribution in [0, 0.1) is 13.8 Å². The van der Waals surface area contributed by atoms with Crippen molar-refractivity contribution in [2.45, 2.75) is 38.0 Å². The summed E-state index contributed by atoms with van der Waals surface area (Å²) in [6.07, 6.45) is 6.38. The summed E-state index contributed by atoms with van der Waals surface area (Å²) >= 11 is 0. The molecule has 0 aliphatic carbocycles. The number of nitrogens with zero attached hydrogens (tertiary/aromatic N) is 5. The first-order valence-electron chi connectivity index (χ1n) is 12.3. The van der Waals surface area contributed by atoms with Crippen LogP contribution in [-0.4, -0.2) is 41.3 Å². The number of sulfonamides is 1. The molecule has 192 valence electrons. The summed E-state index contributed by atoms with van der Waals surface area (Å²) in [4.78, 5) is 11.3. The van der Waals surface area contributed by atoms with Crippen LogP contribution in [0.4, 0.5) is 11.6 Å². The van der Waals surface area contributed by atoms with Crippen molar-refractivity contribution < 1.29 is 13.2 Å². The van der Waals surface area contributed by atoms with E-state index in [0.717, 1.165) is 35.5 Å². The lowest BCUT2D eigenvalue weighted by atomic mass is 10.00. The fourth-order valence-electron chi connectivity index (χ4n) is 4.58. The van der Waals surface area contributed by atoms with Crippen molar-refractivity contribution in [1.82, 2.24) is 19.7 Å². The predicted octanol–water partition coefficient (Wildman–Crippen LogP) is 5.08. The van der Waals surface area contributed by atoms with Crippen molar-refractivity contribution in [3.8, 4) is 22.9 Å². The Morgan fingerprint density at radius 2 is 1.65 bits per heavy atom. The topological polar surface area (TPSA) is 102 Å². The van der Waals surface area contributed by atoms with Gasteiger partial charge in [-0.3, -0.25) is 4.68 Å². The van der Waals surface area contributed by atoms with Crippen LogP contribution >= 0.6 is 0 Å². The number of ether oxygens (including phenoxy) is 1. The van der Waals surface area contributed by atoms with Crippen LogP contribution in [0.5, 0.6) is 11.6 Å². The van der Waals surface area contributed by atoms with E-state index in [0.29, 0.717) is 11.4 Å². The normalized spacial score (nSPS) is 14.0. The van der Waals surface area contributed by atoms with E-state index in [2.05, 4.69) is 24.7 Å². The molecule has 0 unspecified atom stereocenters. The monoisotopic (exact) mass is 518 g/mol. The minimum atomic E-state index is -3.94. The van der Waals surface area contributed by atoms with E-state index in [-0.39, 0.29) is 16.7 Å². The van der Waals surface area contributed by atoms with Gasteiger partial charge in [0.2, 0.25) is 11.8 Å². The van der Waals surface area contributed by atoms with Gasteiger partial charge in [-0.25, -0.2) is 18.1 Å². The Kier molecular flexibility index (Phi) is 6.84. The molecule has 2 aromatic heterocycles. The van der Waals surface area contributed by atoms with Gasteiger partial charge in [-0.05, 0) is 68.5 Å². The van der Waals surface area contributed by atoms with Crippen molar-refractivity contribution in [3.05, 3.63) is 72.1 Å². The second-order valence-electron chi connectivity index (χ2n) is 9.28. The number of nitrogens with one attached hydrogen (secondary N) is 1. The first-order valence-corrected chi connectivity index (χ1v) is 13.8. The molecule has 37 heavy (non-hydrogen) atoms. The van der Waals surface area contributed by atoms with Crippen molar-refractivity contribution >= 4 is 21.7 Å². The third-order valence-corrected chi connectivity index (χ3v) is 7.72. The molecule has 3 heterocycles. The second-order valence-corrected chi connectivity index (χ2v) is 11.0. The molecule has 0 bridgehead atoms. The number of aryl methyl sites for hydroxylation is 3. The number of aromatic nitrogens is 4. The molecule has 0 atom stereocenters. The third kappa shape index (κ3) is 5.59. The smallest absolute Gasteiger partial charge is 0.267 e. The molecule has 5 rings (SSSR count). The fraction of sp³-hybridized carbons (Fsp3) is 0.296. The molecule has 9 nitrogen and oxygen atoms in total. The molecule has 1 saturated heterocycles. The van der Waals surface area contributed by atoms with E-state index in [4.69, 9.17) is 4.74 Å². The molecule has 2 aromatic carbocycles. The molecule has 0 spiro atoms. The highest BCUT2D eigenvalue weighted by atomic mass is 32.2. The van der Waals surface area contributed by atoms with Crippen LogP contribution < -0.4 is 14.4 Å². The average molecular weight is 519 g/mol. The summed E-state index contributed by atoms with van der Waals surface area (Å²) in [5.41, 5.74) is 4.65. The van der Waals surface area contributed by atoms with Crippen LogP contribution in [0.15, 0.2) is 65.8 Å². The summed E-state index contributed by atoms with van der Waals surface area (Å²) in [6, 6.07) is 15.6. The number of piperidine rings is 1. The SMILES string of the molecule is Cc1cccc(C)c1-c1cc(Oc2ccc(N3CCCCC3)cc2)nc(NS(=O)(=O)c2cnn(C)c2)n1. The van der Waals surface area contributed by atoms with Gasteiger partial charge in [-0.15, -0.1) is 0 Å². The van der Waals surface area contributed by atoms with Gasteiger partial charge in [0.1, 0.15) is 10.6 Å². The number of hydrogen-bond donors (Lipinski definition) is 1. The highest BCUT2D eigenvalue weighted by molar-refractivity contribution is 7.92. The quantitative estimate of drug-likeness (QED) is 0.364. The minimum Gasteiger partial charge on any atom is -0.439 e. The summed E-state index contributed by atoms with van der Waals surface area (Å²) in [5.74, 6) is 0.763. The lowest BCUT2D eigenvalue weighted by Gasteiger charge is -2.28. The van der Waals surface area contributed by atoms with E-state index in [1.807, 2.05) is 56.3 Å². The Morgan fingerprint density at radius 3 is 2.30 bits per heavy atom. The average Bonchev–Trinajstić information content (AvgIpc) is 3.32. The molecular formula is C27H30N6O3S. The molecule has 0 amide bonds. The lowest BCUT2D eigenvalue weighted by molar-refractivity contribution is 0.463. The first-order chi connectivity index (χ1) is 17.8. The Balaban J connectivity index is 1.49. The maximum Gasteiger partial charge on any atom is 0.267 e. The molecular weight excluding hydrogens is 488 g/mol. The van der Waals surface area contributed by atoms with Crippen LogP contribution in [0.3, 0.4) is 0 Å². The van der Waals surface area contributed by atoms with Gasteiger partial charge in [0.15, 0.2) is 0 Å². The molecule has 0 saturated carbocycles. The number of benzene rings is 2. The number of hydrogen-bond acceptors (Lipinski definition) is 7. The highest BCUT2D eigenvalue weighted by Gasteiger charge is 2.20. The van der Waals surface area contributed by atoms with Crippen LogP contribution in [0.1, 0.15) is 30.4 Å². The number of anilines is 2. The fourth-order valence-corrected chi connectivity index (χ4v) is 5.51. The summed E-state index contributed by atoms with van der Waals surface area (Å²) in [6.45, 7) is 6.10. The van der Waals surface area contributed by atoms with E-state index >= 15 is 0 Å². The highest BCUT2D eigenvalue weighted by Crippen LogP contribution is 2.32. The summed E-state index contributed by atoms with van der Waals surface area (Å²) in [5, 5.41) is 3.96. The minimum absolute atomic E-state index is 0.0202. The Morgan fingerprint density at radius 1 is 0.946 bits per heavy atom. The number of rotatable bonds is 7. The molecule has 1 fully saturated rings. The van der Waals surface area contributed by atoms with Gasteiger partial charge in [-0.1, -0.05) is 18.2 Å². The molecule has 1 aliphatic heterocycles. The van der Waals surface area contributed by atoms with Crippen LogP contribution in [0.2, 0.25) is 0 Å². The Hall–Kier alpha value is -3.92. The van der Waals surface area contributed by atoms with Gasteiger partial charge < -0.3 is 9.64 Å². The van der Waals surface area contributed by atoms with E-state index in [1.165, 1.54) is 36.3 Å². The maximum atomic E-state index is 13.0.